The molecule has 1 aliphatic carbocycles. The molecule has 0 aromatic carbocycles. The highest BCUT2D eigenvalue weighted by molar-refractivity contribution is 8.13. The minimum absolute atomic E-state index is 0.0838. The van der Waals surface area contributed by atoms with Crippen molar-refractivity contribution in [2.75, 3.05) is 0 Å². The van der Waals surface area contributed by atoms with Gasteiger partial charge in [-0.05, 0) is 29.7 Å². The molecule has 3 nitrogen and oxygen atoms in total. The first-order chi connectivity index (χ1) is 6.07. The van der Waals surface area contributed by atoms with Gasteiger partial charge in [0.2, 0.25) is 0 Å². The van der Waals surface area contributed by atoms with Gasteiger partial charge >= 0.3 is 0 Å². The van der Waals surface area contributed by atoms with E-state index in [-0.39, 0.29) is 5.03 Å². The molecule has 0 aliphatic heterocycles. The van der Waals surface area contributed by atoms with Gasteiger partial charge < -0.3 is 0 Å². The summed E-state index contributed by atoms with van der Waals surface area (Å²) in [5.41, 5.74) is 2.03. The third kappa shape index (κ3) is 1.89. The van der Waals surface area contributed by atoms with Crippen molar-refractivity contribution in [3.8, 4) is 0 Å². The third-order valence-electron chi connectivity index (χ3n) is 1.76. The van der Waals surface area contributed by atoms with Crippen LogP contribution in [0.1, 0.15) is 12.0 Å². The van der Waals surface area contributed by atoms with Gasteiger partial charge in [-0.3, -0.25) is 0 Å². The van der Waals surface area contributed by atoms with Crippen LogP contribution in [0.5, 0.6) is 0 Å². The Labute approximate surface area is 80.5 Å². The lowest BCUT2D eigenvalue weighted by molar-refractivity contribution is 0.606. The monoisotopic (exact) mass is 215 g/mol. The van der Waals surface area contributed by atoms with Crippen LogP contribution in [0.2, 0.25) is 0 Å². The van der Waals surface area contributed by atoms with Crippen molar-refractivity contribution < 1.29 is 8.42 Å². The summed E-state index contributed by atoms with van der Waals surface area (Å²) in [6, 6.07) is 3.26. The maximum Gasteiger partial charge on any atom is 0.278 e. The Hall–Kier alpha value is -0.870. The molecule has 1 aromatic rings. The van der Waals surface area contributed by atoms with Crippen LogP contribution in [0.4, 0.5) is 0 Å². The molecule has 1 heterocycles. The van der Waals surface area contributed by atoms with Crippen LogP contribution < -0.4 is 0 Å². The van der Waals surface area contributed by atoms with Crippen LogP contribution in [-0.2, 0) is 9.05 Å². The van der Waals surface area contributed by atoms with E-state index in [9.17, 15) is 8.42 Å². The fourth-order valence-corrected chi connectivity index (χ4v) is 1.74. The average Bonchev–Trinajstić information content (AvgIpc) is 2.85. The number of rotatable bonds is 2. The van der Waals surface area contributed by atoms with E-state index >= 15 is 0 Å². The van der Waals surface area contributed by atoms with E-state index in [1.165, 1.54) is 12.3 Å². The topological polar surface area (TPSA) is 47.0 Å². The molecule has 0 saturated heterocycles. The lowest BCUT2D eigenvalue weighted by Gasteiger charge is -1.97. The highest BCUT2D eigenvalue weighted by Gasteiger charge is 2.15. The fourth-order valence-electron chi connectivity index (χ4n) is 1.03. The SMILES string of the molecule is O=S(=O)(Cl)c1cc(C2=CC2)ccn1. The summed E-state index contributed by atoms with van der Waals surface area (Å²) in [4.78, 5) is 3.67. The molecule has 1 aromatic heterocycles. The maximum atomic E-state index is 10.9. The highest BCUT2D eigenvalue weighted by Crippen LogP contribution is 2.31. The molecular formula is C8H6ClNO2S. The number of halogens is 1. The van der Waals surface area contributed by atoms with Gasteiger partial charge in [0, 0.05) is 16.9 Å². The second-order valence-corrected chi connectivity index (χ2v) is 5.27. The molecule has 1 aliphatic rings. The van der Waals surface area contributed by atoms with E-state index in [1.807, 2.05) is 6.08 Å². The molecule has 0 fully saturated rings. The first kappa shape index (κ1) is 8.72. The molecule has 0 spiro atoms. The second kappa shape index (κ2) is 2.82. The van der Waals surface area contributed by atoms with Crippen molar-refractivity contribution in [2.45, 2.75) is 11.4 Å². The first-order valence-corrected chi connectivity index (χ1v) is 5.98. The molecule has 0 N–H and O–H groups in total. The van der Waals surface area contributed by atoms with Gasteiger partial charge in [0.15, 0.2) is 5.03 Å². The van der Waals surface area contributed by atoms with E-state index in [0.717, 1.165) is 17.6 Å². The third-order valence-corrected chi connectivity index (χ3v) is 2.96. The zero-order chi connectivity index (χ0) is 9.47. The van der Waals surface area contributed by atoms with Gasteiger partial charge in [0.1, 0.15) is 0 Å². The van der Waals surface area contributed by atoms with Crippen molar-refractivity contribution in [1.29, 1.82) is 0 Å². The molecule has 0 amide bonds. The predicted molar refractivity (Wildman–Crippen MR) is 49.9 cm³/mol. The summed E-state index contributed by atoms with van der Waals surface area (Å²) in [7, 11) is 1.45. The van der Waals surface area contributed by atoms with Gasteiger partial charge in [-0.1, -0.05) is 6.08 Å². The summed E-state index contributed by atoms with van der Waals surface area (Å²) in [6.45, 7) is 0. The van der Waals surface area contributed by atoms with E-state index in [4.69, 9.17) is 10.7 Å². The summed E-state index contributed by atoms with van der Waals surface area (Å²) in [6.07, 6.45) is 4.38. The average molecular weight is 216 g/mol. The van der Waals surface area contributed by atoms with Gasteiger partial charge in [0.25, 0.3) is 9.05 Å². The molecule has 5 heteroatoms. The lowest BCUT2D eigenvalue weighted by Crippen LogP contribution is -1.94. The Kier molecular flexibility index (Phi) is 1.89. The van der Waals surface area contributed by atoms with Gasteiger partial charge in [0.05, 0.1) is 0 Å². The van der Waals surface area contributed by atoms with Crippen molar-refractivity contribution >= 4 is 25.3 Å². The normalized spacial score (nSPS) is 15.3. The maximum absolute atomic E-state index is 10.9. The molecule has 0 radical (unpaired) electrons. The highest BCUT2D eigenvalue weighted by atomic mass is 35.7. The molecular weight excluding hydrogens is 210 g/mol. The van der Waals surface area contributed by atoms with Crippen LogP contribution in [0.25, 0.3) is 5.57 Å². The zero-order valence-electron chi connectivity index (χ0n) is 6.57. The minimum atomic E-state index is -3.70. The first-order valence-electron chi connectivity index (χ1n) is 3.67. The smallest absolute Gasteiger partial charge is 0.243 e. The number of aromatic nitrogens is 1. The predicted octanol–water partition coefficient (Wildman–Crippen LogP) is 1.80. The lowest BCUT2D eigenvalue weighted by atomic mass is 10.2. The Morgan fingerprint density at radius 3 is 2.69 bits per heavy atom. The molecule has 0 unspecified atom stereocenters. The second-order valence-electron chi connectivity index (χ2n) is 2.75. The van der Waals surface area contributed by atoms with E-state index < -0.39 is 9.05 Å². The van der Waals surface area contributed by atoms with Crippen molar-refractivity contribution in [3.05, 3.63) is 30.0 Å². The summed E-state index contributed by atoms with van der Waals surface area (Å²) < 4.78 is 21.8. The minimum Gasteiger partial charge on any atom is -0.243 e. The number of allylic oxidation sites excluding steroid dienone is 2. The van der Waals surface area contributed by atoms with Crippen LogP contribution in [0.15, 0.2) is 29.4 Å². The summed E-state index contributed by atoms with van der Waals surface area (Å²) in [5.74, 6) is 0. The number of hydrogen-bond acceptors (Lipinski definition) is 3. The van der Waals surface area contributed by atoms with E-state index in [2.05, 4.69) is 4.98 Å². The van der Waals surface area contributed by atoms with Crippen LogP contribution >= 0.6 is 10.7 Å². The van der Waals surface area contributed by atoms with Gasteiger partial charge in [-0.25, -0.2) is 13.4 Å². The molecule has 0 bridgehead atoms. The summed E-state index contributed by atoms with van der Waals surface area (Å²) >= 11 is 0. The van der Waals surface area contributed by atoms with Crippen LogP contribution in [0.3, 0.4) is 0 Å². The van der Waals surface area contributed by atoms with Gasteiger partial charge in [-0.15, -0.1) is 0 Å². The van der Waals surface area contributed by atoms with Crippen LogP contribution in [0, 0.1) is 0 Å². The molecule has 0 atom stereocenters. The van der Waals surface area contributed by atoms with Crippen molar-refractivity contribution in [1.82, 2.24) is 4.98 Å². The number of pyridine rings is 1. The Morgan fingerprint density at radius 2 is 2.15 bits per heavy atom. The summed E-state index contributed by atoms with van der Waals surface area (Å²) in [5, 5.41) is -0.0838. The zero-order valence-corrected chi connectivity index (χ0v) is 8.14. The van der Waals surface area contributed by atoms with E-state index in [0.29, 0.717) is 0 Å². The largest absolute Gasteiger partial charge is 0.278 e. The standard InChI is InChI=1S/C8H6ClNO2S/c9-13(11,12)8-5-7(3-4-10-8)6-1-2-6/h1,3-5H,2H2. The van der Waals surface area contributed by atoms with Crippen LogP contribution in [-0.4, -0.2) is 13.4 Å². The van der Waals surface area contributed by atoms with Crippen molar-refractivity contribution in [2.24, 2.45) is 0 Å². The Bertz CT molecular complexity index is 479. The van der Waals surface area contributed by atoms with Crippen molar-refractivity contribution in [3.63, 3.8) is 0 Å². The molecule has 13 heavy (non-hydrogen) atoms. The van der Waals surface area contributed by atoms with Gasteiger partial charge in [-0.2, -0.15) is 0 Å². The molecule has 2 rings (SSSR count). The Morgan fingerprint density at radius 1 is 1.46 bits per heavy atom. The number of hydrogen-bond donors (Lipinski definition) is 0. The fraction of sp³-hybridized carbons (Fsp3) is 0.125. The molecule has 68 valence electrons. The van der Waals surface area contributed by atoms with E-state index in [1.54, 1.807) is 6.07 Å². The quantitative estimate of drug-likeness (QED) is 0.707. The molecule has 0 saturated carbocycles. The Balaban J connectivity index is 2.49. The number of nitrogens with zero attached hydrogens (tertiary/aromatic N) is 1.